The molecule has 2 saturated heterocycles. The zero-order valence-electron chi connectivity index (χ0n) is 14.9. The van der Waals surface area contributed by atoms with Gasteiger partial charge >= 0.3 is 0 Å². The molecular formula is C16H28O10. The Balaban J connectivity index is 2.13. The van der Waals surface area contributed by atoms with Crippen molar-refractivity contribution in [1.82, 2.24) is 0 Å². The third-order valence-electron chi connectivity index (χ3n) is 4.50. The molecule has 6 N–H and O–H groups in total. The van der Waals surface area contributed by atoms with Crippen molar-refractivity contribution in [1.29, 1.82) is 0 Å². The maximum Gasteiger partial charge on any atom is 0.231 e. The summed E-state index contributed by atoms with van der Waals surface area (Å²) in [6.45, 7) is 3.90. The van der Waals surface area contributed by atoms with Crippen LogP contribution in [0.2, 0.25) is 0 Å². The molecule has 0 spiro atoms. The highest BCUT2D eigenvalue weighted by molar-refractivity contribution is 5.02. The summed E-state index contributed by atoms with van der Waals surface area (Å²) in [6.07, 6.45) is -8.99. The highest BCUT2D eigenvalue weighted by Gasteiger charge is 2.53. The first kappa shape index (κ1) is 21.5. The smallest absolute Gasteiger partial charge is 0.231 e. The molecule has 5 unspecified atom stereocenters. The molecule has 26 heavy (non-hydrogen) atoms. The Morgan fingerprint density at radius 2 is 1.73 bits per heavy atom. The fourth-order valence-electron chi connectivity index (χ4n) is 2.92. The van der Waals surface area contributed by atoms with Crippen molar-refractivity contribution in [3.05, 3.63) is 11.8 Å². The van der Waals surface area contributed by atoms with Gasteiger partial charge in [-0.15, -0.1) is 0 Å². The first-order valence-electron chi connectivity index (χ1n) is 8.43. The lowest BCUT2D eigenvalue weighted by Gasteiger charge is -2.47. The van der Waals surface area contributed by atoms with Crippen LogP contribution in [-0.2, 0) is 18.9 Å². The van der Waals surface area contributed by atoms with E-state index in [1.54, 1.807) is 6.92 Å². The zero-order chi connectivity index (χ0) is 19.6. The van der Waals surface area contributed by atoms with Crippen LogP contribution in [0.3, 0.4) is 0 Å². The van der Waals surface area contributed by atoms with E-state index in [0.717, 1.165) is 0 Å². The van der Waals surface area contributed by atoms with Crippen LogP contribution in [0.1, 0.15) is 20.8 Å². The lowest BCUT2D eigenvalue weighted by molar-refractivity contribution is -0.355. The summed E-state index contributed by atoms with van der Waals surface area (Å²) in [6, 6.07) is 0. The van der Waals surface area contributed by atoms with Gasteiger partial charge in [-0.3, -0.25) is 0 Å². The lowest BCUT2D eigenvalue weighted by atomic mass is 9.91. The second-order valence-corrected chi connectivity index (χ2v) is 6.75. The summed E-state index contributed by atoms with van der Waals surface area (Å²) >= 11 is 0. The van der Waals surface area contributed by atoms with Gasteiger partial charge in [-0.2, -0.15) is 0 Å². The van der Waals surface area contributed by atoms with E-state index in [2.05, 4.69) is 0 Å². The average molecular weight is 380 g/mol. The minimum absolute atomic E-state index is 0.165. The van der Waals surface area contributed by atoms with E-state index in [1.165, 1.54) is 19.9 Å². The number of allylic oxidation sites excluding steroid dienone is 1. The maximum absolute atomic E-state index is 10.8. The predicted octanol–water partition coefficient (Wildman–Crippen LogP) is -2.42. The van der Waals surface area contributed by atoms with Crippen molar-refractivity contribution >= 4 is 0 Å². The Morgan fingerprint density at radius 1 is 1.12 bits per heavy atom. The number of ether oxygens (including phenoxy) is 4. The second kappa shape index (κ2) is 8.46. The van der Waals surface area contributed by atoms with Gasteiger partial charge in [-0.25, -0.2) is 0 Å². The van der Waals surface area contributed by atoms with Crippen molar-refractivity contribution < 1.29 is 49.6 Å². The van der Waals surface area contributed by atoms with Gasteiger partial charge in [0.25, 0.3) is 0 Å². The summed E-state index contributed by atoms with van der Waals surface area (Å²) in [5, 5.41) is 59.9. The van der Waals surface area contributed by atoms with Crippen molar-refractivity contribution in [2.75, 3.05) is 13.2 Å². The van der Waals surface area contributed by atoms with Crippen molar-refractivity contribution in [3.63, 3.8) is 0 Å². The van der Waals surface area contributed by atoms with Gasteiger partial charge in [-0.1, -0.05) is 0 Å². The molecular weight excluding hydrogens is 352 g/mol. The molecule has 2 rings (SSSR count). The molecule has 0 aromatic carbocycles. The van der Waals surface area contributed by atoms with Crippen molar-refractivity contribution in [3.8, 4) is 0 Å². The van der Waals surface area contributed by atoms with Crippen molar-refractivity contribution in [2.24, 2.45) is 0 Å². The summed E-state index contributed by atoms with van der Waals surface area (Å²) < 4.78 is 21.5. The minimum Gasteiger partial charge on any atom is -0.464 e. The Bertz CT molecular complexity index is 493. The van der Waals surface area contributed by atoms with E-state index in [9.17, 15) is 30.6 Å². The van der Waals surface area contributed by atoms with Gasteiger partial charge in [0.15, 0.2) is 11.9 Å². The fourth-order valence-corrected chi connectivity index (χ4v) is 2.92. The number of hydrogen-bond donors (Lipinski definition) is 6. The van der Waals surface area contributed by atoms with Gasteiger partial charge < -0.3 is 49.6 Å². The number of hydrogen-bond acceptors (Lipinski definition) is 10. The van der Waals surface area contributed by atoms with Gasteiger partial charge in [0.2, 0.25) is 6.29 Å². The van der Waals surface area contributed by atoms with Crippen LogP contribution in [0.4, 0.5) is 0 Å². The SMILES string of the molecule is C/C=C(\OC1OC[C@@H](O)C(OC2OC[C@@H](O)[C@@H](O)[C@H]2O)C1(C)O)C(C)O. The van der Waals surface area contributed by atoms with Crippen LogP contribution in [-0.4, -0.2) is 98.7 Å². The Morgan fingerprint density at radius 3 is 2.31 bits per heavy atom. The van der Waals surface area contributed by atoms with E-state index >= 15 is 0 Å². The van der Waals surface area contributed by atoms with Gasteiger partial charge in [0.05, 0.1) is 13.2 Å². The lowest BCUT2D eigenvalue weighted by Crippen LogP contribution is -2.65. The standard InChI is InChI=1S/C16H28O10/c1-4-10(7(2)17)25-15-16(3,22)13(9(19)6-24-15)26-14-12(21)11(20)8(18)5-23-14/h4,7-9,11-15,17-22H,5-6H2,1-3H3/b10-4-/t7?,8-,9-,11-,12-,13?,14?,15?,16?/m1/s1. The zero-order valence-corrected chi connectivity index (χ0v) is 14.9. The molecule has 0 amide bonds. The molecule has 0 radical (unpaired) electrons. The number of rotatable bonds is 5. The summed E-state index contributed by atoms with van der Waals surface area (Å²) in [7, 11) is 0. The van der Waals surface area contributed by atoms with Crippen LogP contribution in [0.25, 0.3) is 0 Å². The third-order valence-corrected chi connectivity index (χ3v) is 4.50. The molecule has 2 aliphatic rings. The molecule has 0 aliphatic carbocycles. The van der Waals surface area contributed by atoms with E-state index in [-0.39, 0.29) is 19.0 Å². The first-order valence-corrected chi connectivity index (χ1v) is 8.43. The molecule has 0 bridgehead atoms. The maximum atomic E-state index is 10.8. The molecule has 9 atom stereocenters. The largest absolute Gasteiger partial charge is 0.464 e. The topological polar surface area (TPSA) is 158 Å². The van der Waals surface area contributed by atoms with Gasteiger partial charge in [0, 0.05) is 0 Å². The minimum atomic E-state index is -1.88. The van der Waals surface area contributed by atoms with Crippen LogP contribution < -0.4 is 0 Å². The summed E-state index contributed by atoms with van der Waals surface area (Å²) in [5.74, 6) is 0.165. The summed E-state index contributed by atoms with van der Waals surface area (Å²) in [5.41, 5.74) is -1.88. The molecule has 2 heterocycles. The van der Waals surface area contributed by atoms with E-state index in [4.69, 9.17) is 18.9 Å². The van der Waals surface area contributed by atoms with Crippen LogP contribution in [0.5, 0.6) is 0 Å². The van der Waals surface area contributed by atoms with Crippen LogP contribution >= 0.6 is 0 Å². The van der Waals surface area contributed by atoms with Gasteiger partial charge in [-0.05, 0) is 26.8 Å². The van der Waals surface area contributed by atoms with Gasteiger partial charge in [0.1, 0.15) is 42.4 Å². The number of aliphatic hydroxyl groups excluding tert-OH is 5. The van der Waals surface area contributed by atoms with E-state index in [1.807, 2.05) is 0 Å². The Hall–Kier alpha value is -0.820. The molecule has 152 valence electrons. The Kier molecular flexibility index (Phi) is 6.99. The third kappa shape index (κ3) is 4.35. The molecule has 2 aliphatic heterocycles. The molecule has 10 heteroatoms. The molecule has 2 fully saturated rings. The summed E-state index contributed by atoms with van der Waals surface area (Å²) in [4.78, 5) is 0. The van der Waals surface area contributed by atoms with Crippen LogP contribution in [0, 0.1) is 0 Å². The highest BCUT2D eigenvalue weighted by atomic mass is 16.7. The quantitative estimate of drug-likeness (QED) is 0.283. The van der Waals surface area contributed by atoms with Crippen molar-refractivity contribution in [2.45, 2.75) is 75.6 Å². The molecule has 0 aromatic heterocycles. The number of aliphatic hydroxyl groups is 6. The molecule has 0 saturated carbocycles. The fraction of sp³-hybridized carbons (Fsp3) is 0.875. The highest BCUT2D eigenvalue weighted by Crippen LogP contribution is 2.33. The second-order valence-electron chi connectivity index (χ2n) is 6.75. The predicted molar refractivity (Wildman–Crippen MR) is 85.5 cm³/mol. The Labute approximate surface area is 151 Å². The molecule has 10 nitrogen and oxygen atoms in total. The van der Waals surface area contributed by atoms with Crippen LogP contribution in [0.15, 0.2) is 11.8 Å². The first-order chi connectivity index (χ1) is 12.1. The van der Waals surface area contributed by atoms with E-state index in [0.29, 0.717) is 0 Å². The molecule has 0 aromatic rings. The van der Waals surface area contributed by atoms with E-state index < -0.39 is 54.8 Å². The monoisotopic (exact) mass is 380 g/mol. The normalized spacial score (nSPS) is 46.0. The average Bonchev–Trinajstić information content (AvgIpc) is 2.57.